The van der Waals surface area contributed by atoms with Crippen molar-refractivity contribution in [2.24, 2.45) is 0 Å². The zero-order chi connectivity index (χ0) is 12.8. The van der Waals surface area contributed by atoms with Gasteiger partial charge in [-0.3, -0.25) is 4.90 Å². The van der Waals surface area contributed by atoms with E-state index in [9.17, 15) is 4.79 Å². The summed E-state index contributed by atoms with van der Waals surface area (Å²) in [6.07, 6.45) is 5.51. The molecule has 0 bridgehead atoms. The molecular formula is C13H21NO2. The number of carbonyl (C=O) groups excluding carboxylic acids is 1. The molecule has 0 heterocycles. The second kappa shape index (κ2) is 6.16. The van der Waals surface area contributed by atoms with Gasteiger partial charge in [0.15, 0.2) is 0 Å². The molecule has 0 atom stereocenters. The van der Waals surface area contributed by atoms with E-state index >= 15 is 0 Å². The first-order valence-electron chi connectivity index (χ1n) is 5.32. The fourth-order valence-corrected chi connectivity index (χ4v) is 0.954. The number of hydrogen-bond acceptors (Lipinski definition) is 2. The van der Waals surface area contributed by atoms with Crippen LogP contribution in [-0.2, 0) is 4.74 Å². The molecule has 0 saturated heterocycles. The third-order valence-electron chi connectivity index (χ3n) is 1.63. The molecule has 0 aliphatic rings. The SMILES string of the molecule is C=CN(C(=C)/C=C\CC)C(=O)OC(C)(C)C. The third kappa shape index (κ3) is 5.39. The molecule has 90 valence electrons. The molecule has 0 spiro atoms. The molecule has 1 amide bonds. The van der Waals surface area contributed by atoms with Gasteiger partial charge in [-0.15, -0.1) is 0 Å². The summed E-state index contributed by atoms with van der Waals surface area (Å²) in [5, 5.41) is 0. The Morgan fingerprint density at radius 1 is 1.44 bits per heavy atom. The van der Waals surface area contributed by atoms with E-state index in [0.29, 0.717) is 5.70 Å². The van der Waals surface area contributed by atoms with Gasteiger partial charge in [-0.25, -0.2) is 4.79 Å². The molecule has 3 nitrogen and oxygen atoms in total. The summed E-state index contributed by atoms with van der Waals surface area (Å²) >= 11 is 0. The molecule has 0 radical (unpaired) electrons. The number of nitrogens with zero attached hydrogens (tertiary/aromatic N) is 1. The topological polar surface area (TPSA) is 29.5 Å². The highest BCUT2D eigenvalue weighted by Gasteiger charge is 2.21. The standard InChI is InChI=1S/C13H21NO2/c1-7-9-10-11(3)14(8-2)12(15)16-13(4,5)6/h8-10H,2-3,7H2,1,4-6H3/b10-9-. The van der Waals surface area contributed by atoms with Crippen molar-refractivity contribution < 1.29 is 9.53 Å². The lowest BCUT2D eigenvalue weighted by atomic mass is 10.2. The smallest absolute Gasteiger partial charge is 0.418 e. The molecule has 0 aromatic carbocycles. The maximum absolute atomic E-state index is 11.7. The van der Waals surface area contributed by atoms with Crippen molar-refractivity contribution in [3.8, 4) is 0 Å². The van der Waals surface area contributed by atoms with E-state index in [-0.39, 0.29) is 0 Å². The zero-order valence-corrected chi connectivity index (χ0v) is 10.6. The van der Waals surface area contributed by atoms with Gasteiger partial charge in [0.05, 0.1) is 0 Å². The summed E-state index contributed by atoms with van der Waals surface area (Å²) in [5.41, 5.74) is 0.0266. The van der Waals surface area contributed by atoms with Gasteiger partial charge in [0.2, 0.25) is 0 Å². The lowest BCUT2D eigenvalue weighted by molar-refractivity contribution is 0.0389. The third-order valence-corrected chi connectivity index (χ3v) is 1.63. The normalized spacial score (nSPS) is 11.2. The van der Waals surface area contributed by atoms with Gasteiger partial charge in [0.25, 0.3) is 0 Å². The molecule has 0 aromatic heterocycles. The molecule has 0 aliphatic heterocycles. The van der Waals surface area contributed by atoms with E-state index in [1.807, 2.05) is 33.8 Å². The summed E-state index contributed by atoms with van der Waals surface area (Å²) in [4.78, 5) is 13.0. The van der Waals surface area contributed by atoms with Gasteiger partial charge in [-0.1, -0.05) is 26.2 Å². The van der Waals surface area contributed by atoms with E-state index in [0.717, 1.165) is 6.42 Å². The summed E-state index contributed by atoms with van der Waals surface area (Å²) in [5.74, 6) is 0. The molecule has 0 aliphatic carbocycles. The molecule has 16 heavy (non-hydrogen) atoms. The lowest BCUT2D eigenvalue weighted by Gasteiger charge is -2.25. The Morgan fingerprint density at radius 3 is 2.38 bits per heavy atom. The first kappa shape index (κ1) is 14.5. The van der Waals surface area contributed by atoms with Crippen LogP contribution in [0.15, 0.2) is 37.2 Å². The maximum atomic E-state index is 11.7. The minimum Gasteiger partial charge on any atom is -0.443 e. The van der Waals surface area contributed by atoms with Crippen molar-refractivity contribution in [3.05, 3.63) is 37.2 Å². The van der Waals surface area contributed by atoms with Crippen molar-refractivity contribution in [2.75, 3.05) is 0 Å². The van der Waals surface area contributed by atoms with Gasteiger partial charge >= 0.3 is 6.09 Å². The number of allylic oxidation sites excluding steroid dienone is 2. The predicted molar refractivity (Wildman–Crippen MR) is 66.8 cm³/mol. The second-order valence-corrected chi connectivity index (χ2v) is 4.33. The lowest BCUT2D eigenvalue weighted by Crippen LogP contribution is -2.32. The number of ether oxygens (including phenoxy) is 1. The minimum atomic E-state index is -0.521. The van der Waals surface area contributed by atoms with Crippen molar-refractivity contribution >= 4 is 6.09 Å². The average molecular weight is 223 g/mol. The Morgan fingerprint density at radius 2 is 2.00 bits per heavy atom. The highest BCUT2D eigenvalue weighted by atomic mass is 16.6. The van der Waals surface area contributed by atoms with Crippen molar-refractivity contribution in [1.82, 2.24) is 4.90 Å². The van der Waals surface area contributed by atoms with Crippen LogP contribution in [0.4, 0.5) is 4.79 Å². The van der Waals surface area contributed by atoms with Gasteiger partial charge < -0.3 is 4.74 Å². The molecule has 0 aromatic rings. The molecule has 0 saturated carbocycles. The second-order valence-electron chi connectivity index (χ2n) is 4.33. The maximum Gasteiger partial charge on any atom is 0.418 e. The summed E-state index contributed by atoms with van der Waals surface area (Å²) < 4.78 is 5.21. The first-order chi connectivity index (χ1) is 7.31. The molecular weight excluding hydrogens is 202 g/mol. The Balaban J connectivity index is 4.62. The first-order valence-corrected chi connectivity index (χ1v) is 5.32. The van der Waals surface area contributed by atoms with Crippen molar-refractivity contribution in [2.45, 2.75) is 39.7 Å². The van der Waals surface area contributed by atoms with Gasteiger partial charge in [-0.05, 0) is 33.3 Å². The van der Waals surface area contributed by atoms with Crippen LogP contribution in [0.5, 0.6) is 0 Å². The summed E-state index contributed by atoms with van der Waals surface area (Å²) in [6, 6.07) is 0. The number of amides is 1. The molecule has 0 fully saturated rings. The van der Waals surface area contributed by atoms with Crippen molar-refractivity contribution in [3.63, 3.8) is 0 Å². The van der Waals surface area contributed by atoms with E-state index in [2.05, 4.69) is 13.2 Å². The van der Waals surface area contributed by atoms with E-state index in [4.69, 9.17) is 4.74 Å². The summed E-state index contributed by atoms with van der Waals surface area (Å²) in [7, 11) is 0. The molecule has 0 rings (SSSR count). The van der Waals surface area contributed by atoms with Crippen LogP contribution < -0.4 is 0 Å². The zero-order valence-electron chi connectivity index (χ0n) is 10.6. The Hall–Kier alpha value is -1.51. The van der Waals surface area contributed by atoms with Gasteiger partial charge in [0, 0.05) is 11.9 Å². The fourth-order valence-electron chi connectivity index (χ4n) is 0.954. The van der Waals surface area contributed by atoms with E-state index in [1.165, 1.54) is 11.1 Å². The van der Waals surface area contributed by atoms with E-state index in [1.54, 1.807) is 6.08 Å². The largest absolute Gasteiger partial charge is 0.443 e. The molecule has 0 N–H and O–H groups in total. The number of rotatable bonds is 4. The van der Waals surface area contributed by atoms with E-state index < -0.39 is 11.7 Å². The van der Waals surface area contributed by atoms with Crippen LogP contribution in [0.3, 0.4) is 0 Å². The Bertz CT molecular complexity index is 298. The minimum absolute atomic E-state index is 0.465. The van der Waals surface area contributed by atoms with Gasteiger partial charge in [0.1, 0.15) is 5.60 Å². The fraction of sp³-hybridized carbons (Fsp3) is 0.462. The average Bonchev–Trinajstić information content (AvgIpc) is 2.12. The van der Waals surface area contributed by atoms with Crippen LogP contribution in [0.25, 0.3) is 0 Å². The highest BCUT2D eigenvalue weighted by molar-refractivity contribution is 5.72. The van der Waals surface area contributed by atoms with Crippen LogP contribution in [0.1, 0.15) is 34.1 Å². The van der Waals surface area contributed by atoms with Gasteiger partial charge in [-0.2, -0.15) is 0 Å². The predicted octanol–water partition coefficient (Wildman–Crippen LogP) is 3.85. The molecule has 3 heteroatoms. The highest BCUT2D eigenvalue weighted by Crippen LogP contribution is 2.13. The van der Waals surface area contributed by atoms with Crippen molar-refractivity contribution in [1.29, 1.82) is 0 Å². The van der Waals surface area contributed by atoms with Crippen LogP contribution in [0.2, 0.25) is 0 Å². The Kier molecular flexibility index (Phi) is 5.57. The number of hydrogen-bond donors (Lipinski definition) is 0. The number of carbonyl (C=O) groups is 1. The monoisotopic (exact) mass is 223 g/mol. The summed E-state index contributed by atoms with van der Waals surface area (Å²) in [6.45, 7) is 14.8. The molecule has 0 unspecified atom stereocenters. The van der Waals surface area contributed by atoms with Crippen LogP contribution in [0, 0.1) is 0 Å². The quantitative estimate of drug-likeness (QED) is 0.677. The van der Waals surface area contributed by atoms with Crippen LogP contribution >= 0.6 is 0 Å². The van der Waals surface area contributed by atoms with Crippen LogP contribution in [-0.4, -0.2) is 16.6 Å². The Labute approximate surface area is 98.1 Å².